The van der Waals surface area contributed by atoms with Gasteiger partial charge in [-0.25, -0.2) is 18.4 Å². The molecule has 2 aromatic rings. The molecule has 0 unspecified atom stereocenters. The van der Waals surface area contributed by atoms with Crippen LogP contribution in [-0.2, 0) is 26.8 Å². The molecular weight excluding hydrogens is 326 g/mol. The largest absolute Gasteiger partial charge is 0.457 e. The second kappa shape index (κ2) is 6.75. The normalized spacial score (nSPS) is 12.0. The molecule has 0 amide bonds. The standard InChI is InChI=1S/C18H21NO4S/c1-18(2,3)15-8-4-13(5-9-15)12-23-17(20)14-6-10-16(11-7-14)24(19,21)22/h4-11H,12H2,1-3H3,(H2,19,21,22). The van der Waals surface area contributed by atoms with Gasteiger partial charge in [-0.2, -0.15) is 0 Å². The number of hydrogen-bond acceptors (Lipinski definition) is 4. The second-order valence-electron chi connectivity index (χ2n) is 6.59. The van der Waals surface area contributed by atoms with Gasteiger partial charge in [0.25, 0.3) is 0 Å². The van der Waals surface area contributed by atoms with Crippen LogP contribution in [-0.4, -0.2) is 14.4 Å². The molecule has 128 valence electrons. The average Bonchev–Trinajstić information content (AvgIpc) is 2.51. The van der Waals surface area contributed by atoms with Crippen molar-refractivity contribution >= 4 is 16.0 Å². The van der Waals surface area contributed by atoms with E-state index < -0.39 is 16.0 Å². The highest BCUT2D eigenvalue weighted by Crippen LogP contribution is 2.22. The molecule has 2 rings (SSSR count). The molecule has 2 aromatic carbocycles. The van der Waals surface area contributed by atoms with Gasteiger partial charge in [0.1, 0.15) is 6.61 Å². The van der Waals surface area contributed by atoms with Gasteiger partial charge >= 0.3 is 5.97 Å². The van der Waals surface area contributed by atoms with Crippen molar-refractivity contribution in [3.05, 3.63) is 65.2 Å². The first kappa shape index (κ1) is 18.2. The number of rotatable bonds is 4. The number of esters is 1. The molecule has 0 atom stereocenters. The smallest absolute Gasteiger partial charge is 0.338 e. The minimum absolute atomic E-state index is 0.0446. The van der Waals surface area contributed by atoms with Crippen molar-refractivity contribution in [3.8, 4) is 0 Å². The Bertz CT molecular complexity index is 817. The summed E-state index contributed by atoms with van der Waals surface area (Å²) in [6.45, 7) is 6.55. The van der Waals surface area contributed by atoms with E-state index in [0.29, 0.717) is 0 Å². The molecule has 0 bridgehead atoms. The molecular formula is C18H21NO4S. The lowest BCUT2D eigenvalue weighted by Gasteiger charge is -2.19. The number of sulfonamides is 1. The zero-order valence-corrected chi connectivity index (χ0v) is 14.8. The van der Waals surface area contributed by atoms with Gasteiger partial charge in [0.05, 0.1) is 10.5 Å². The Kier molecular flexibility index (Phi) is 5.11. The lowest BCUT2D eigenvalue weighted by molar-refractivity contribution is 0.0472. The highest BCUT2D eigenvalue weighted by molar-refractivity contribution is 7.89. The molecule has 0 aliphatic carbocycles. The maximum atomic E-state index is 12.0. The Balaban J connectivity index is 2.00. The summed E-state index contributed by atoms with van der Waals surface area (Å²) < 4.78 is 27.6. The summed E-state index contributed by atoms with van der Waals surface area (Å²) in [6, 6.07) is 13.2. The summed E-state index contributed by atoms with van der Waals surface area (Å²) >= 11 is 0. The van der Waals surface area contributed by atoms with E-state index in [9.17, 15) is 13.2 Å². The molecule has 0 aliphatic rings. The SMILES string of the molecule is CC(C)(C)c1ccc(COC(=O)c2ccc(S(N)(=O)=O)cc2)cc1. The molecule has 6 heteroatoms. The maximum Gasteiger partial charge on any atom is 0.338 e. The van der Waals surface area contributed by atoms with Crippen molar-refractivity contribution in [2.75, 3.05) is 0 Å². The lowest BCUT2D eigenvalue weighted by Crippen LogP contribution is -2.12. The van der Waals surface area contributed by atoms with Gasteiger partial charge in [-0.15, -0.1) is 0 Å². The fraction of sp³-hybridized carbons (Fsp3) is 0.278. The van der Waals surface area contributed by atoms with Crippen LogP contribution >= 0.6 is 0 Å². The fourth-order valence-corrected chi connectivity index (χ4v) is 2.63. The minimum Gasteiger partial charge on any atom is -0.457 e. The summed E-state index contributed by atoms with van der Waals surface area (Å²) in [4.78, 5) is 12.0. The van der Waals surface area contributed by atoms with E-state index >= 15 is 0 Å². The van der Waals surface area contributed by atoms with Gasteiger partial charge in [0.15, 0.2) is 0 Å². The average molecular weight is 347 g/mol. The first-order valence-electron chi connectivity index (χ1n) is 7.47. The summed E-state index contributed by atoms with van der Waals surface area (Å²) in [5, 5.41) is 5.02. The predicted molar refractivity (Wildman–Crippen MR) is 92.1 cm³/mol. The van der Waals surface area contributed by atoms with Crippen LogP contribution in [0, 0.1) is 0 Å². The van der Waals surface area contributed by atoms with Crippen LogP contribution in [0.25, 0.3) is 0 Å². The van der Waals surface area contributed by atoms with Crippen LogP contribution in [0.5, 0.6) is 0 Å². The zero-order valence-electron chi connectivity index (χ0n) is 13.9. The van der Waals surface area contributed by atoms with E-state index in [0.717, 1.165) is 5.56 Å². The van der Waals surface area contributed by atoms with Crippen LogP contribution < -0.4 is 5.14 Å². The van der Waals surface area contributed by atoms with E-state index in [1.807, 2.05) is 24.3 Å². The maximum absolute atomic E-state index is 12.0. The molecule has 0 saturated carbocycles. The fourth-order valence-electron chi connectivity index (χ4n) is 2.11. The topological polar surface area (TPSA) is 86.5 Å². The quantitative estimate of drug-likeness (QED) is 0.862. The van der Waals surface area contributed by atoms with Crippen molar-refractivity contribution in [1.29, 1.82) is 0 Å². The molecule has 0 aromatic heterocycles. The van der Waals surface area contributed by atoms with E-state index in [1.165, 1.54) is 29.8 Å². The molecule has 0 heterocycles. The van der Waals surface area contributed by atoms with Crippen LogP contribution in [0.2, 0.25) is 0 Å². The predicted octanol–water partition coefficient (Wildman–Crippen LogP) is 2.99. The van der Waals surface area contributed by atoms with Crippen LogP contribution in [0.4, 0.5) is 0 Å². The molecule has 2 N–H and O–H groups in total. The number of carbonyl (C=O) groups is 1. The van der Waals surface area contributed by atoms with Crippen molar-refractivity contribution in [2.45, 2.75) is 37.7 Å². The zero-order chi connectivity index (χ0) is 18.0. The Labute approximate surface area is 142 Å². The molecule has 0 aliphatic heterocycles. The number of primary sulfonamides is 1. The van der Waals surface area contributed by atoms with Gasteiger partial charge in [-0.1, -0.05) is 45.0 Å². The van der Waals surface area contributed by atoms with Crippen molar-refractivity contribution in [2.24, 2.45) is 5.14 Å². The third-order valence-corrected chi connectivity index (χ3v) is 4.54. The number of nitrogens with two attached hydrogens (primary N) is 1. The minimum atomic E-state index is -3.77. The van der Waals surface area contributed by atoms with Crippen molar-refractivity contribution < 1.29 is 17.9 Å². The summed E-state index contributed by atoms with van der Waals surface area (Å²) in [5.74, 6) is -0.518. The van der Waals surface area contributed by atoms with Gasteiger partial charge < -0.3 is 4.74 Å². The Morgan fingerprint density at radius 1 is 1.00 bits per heavy atom. The number of ether oxygens (including phenoxy) is 1. The molecule has 0 saturated heterocycles. The third kappa shape index (κ3) is 4.66. The Hall–Kier alpha value is -2.18. The highest BCUT2D eigenvalue weighted by atomic mass is 32.2. The molecule has 0 fully saturated rings. The number of benzene rings is 2. The monoisotopic (exact) mass is 347 g/mol. The number of carbonyl (C=O) groups excluding carboxylic acids is 1. The summed E-state index contributed by atoms with van der Waals surface area (Å²) in [7, 11) is -3.77. The summed E-state index contributed by atoms with van der Waals surface area (Å²) in [5.41, 5.74) is 2.43. The van der Waals surface area contributed by atoms with Gasteiger partial charge in [0.2, 0.25) is 10.0 Å². The first-order chi connectivity index (χ1) is 11.1. The Morgan fingerprint density at radius 2 is 1.54 bits per heavy atom. The van der Waals surface area contributed by atoms with E-state index in [2.05, 4.69) is 20.8 Å². The third-order valence-electron chi connectivity index (χ3n) is 3.61. The molecule has 24 heavy (non-hydrogen) atoms. The lowest BCUT2D eigenvalue weighted by atomic mass is 9.87. The molecule has 5 nitrogen and oxygen atoms in total. The Morgan fingerprint density at radius 3 is 2.00 bits per heavy atom. The van der Waals surface area contributed by atoms with Crippen LogP contribution in [0.1, 0.15) is 42.3 Å². The first-order valence-corrected chi connectivity index (χ1v) is 9.01. The highest BCUT2D eigenvalue weighted by Gasteiger charge is 2.14. The van der Waals surface area contributed by atoms with Crippen LogP contribution in [0.15, 0.2) is 53.4 Å². The molecule has 0 spiro atoms. The summed E-state index contributed by atoms with van der Waals surface area (Å²) in [6.07, 6.45) is 0. The van der Waals surface area contributed by atoms with Gasteiger partial charge in [-0.3, -0.25) is 0 Å². The van der Waals surface area contributed by atoms with E-state index in [4.69, 9.17) is 9.88 Å². The number of hydrogen-bond donors (Lipinski definition) is 1. The van der Waals surface area contributed by atoms with Crippen molar-refractivity contribution in [1.82, 2.24) is 0 Å². The van der Waals surface area contributed by atoms with E-state index in [1.54, 1.807) is 0 Å². The second-order valence-corrected chi connectivity index (χ2v) is 8.15. The van der Waals surface area contributed by atoms with Gasteiger partial charge in [-0.05, 0) is 40.8 Å². The van der Waals surface area contributed by atoms with E-state index in [-0.39, 0.29) is 22.5 Å². The van der Waals surface area contributed by atoms with Gasteiger partial charge in [0, 0.05) is 0 Å². The molecule has 0 radical (unpaired) electrons. The van der Waals surface area contributed by atoms with Crippen molar-refractivity contribution in [3.63, 3.8) is 0 Å². The van der Waals surface area contributed by atoms with Crippen LogP contribution in [0.3, 0.4) is 0 Å².